The van der Waals surface area contributed by atoms with Crippen molar-refractivity contribution in [2.45, 2.75) is 24.5 Å². The zero-order valence-corrected chi connectivity index (χ0v) is 9.44. The SMILES string of the molecule is [2H]C1NC[C@@]2(C[C@@H]2F)c2cc(Br)cc(F)c21. The lowest BCUT2D eigenvalue weighted by molar-refractivity contribution is 0.389. The van der Waals surface area contributed by atoms with E-state index in [4.69, 9.17) is 1.37 Å². The van der Waals surface area contributed by atoms with Crippen molar-refractivity contribution in [3.8, 4) is 0 Å². The average molecular weight is 275 g/mol. The Morgan fingerprint density at radius 3 is 3.00 bits per heavy atom. The topological polar surface area (TPSA) is 12.0 Å². The van der Waals surface area contributed by atoms with Gasteiger partial charge >= 0.3 is 0 Å². The minimum absolute atomic E-state index is 0.301. The van der Waals surface area contributed by atoms with Gasteiger partial charge in [-0.1, -0.05) is 15.9 Å². The molecule has 1 fully saturated rings. The van der Waals surface area contributed by atoms with Gasteiger partial charge in [0.15, 0.2) is 0 Å². The molecule has 1 nitrogen and oxygen atoms in total. The summed E-state index contributed by atoms with van der Waals surface area (Å²) in [5, 5.41) is 2.85. The summed E-state index contributed by atoms with van der Waals surface area (Å²) in [5.41, 5.74) is 0.373. The number of fused-ring (bicyclic) bond motifs is 2. The maximum atomic E-state index is 13.8. The third kappa shape index (κ3) is 1.27. The van der Waals surface area contributed by atoms with Crippen LogP contribution in [0.15, 0.2) is 16.6 Å². The van der Waals surface area contributed by atoms with E-state index in [2.05, 4.69) is 21.2 Å². The molecule has 1 saturated carbocycles. The second-order valence-electron chi connectivity index (χ2n) is 4.20. The lowest BCUT2D eigenvalue weighted by atomic mass is 9.87. The molecule has 0 aromatic heterocycles. The van der Waals surface area contributed by atoms with Crippen molar-refractivity contribution in [2.24, 2.45) is 0 Å². The van der Waals surface area contributed by atoms with Gasteiger partial charge in [-0.25, -0.2) is 8.78 Å². The lowest BCUT2D eigenvalue weighted by Crippen LogP contribution is -2.35. The molecule has 2 aliphatic rings. The lowest BCUT2D eigenvalue weighted by Gasteiger charge is -2.26. The minimum atomic E-state index is -0.917. The van der Waals surface area contributed by atoms with E-state index in [0.717, 1.165) is 0 Å². The molecule has 80 valence electrons. The molecule has 0 saturated heterocycles. The summed E-state index contributed by atoms with van der Waals surface area (Å²) in [6.45, 7) is -0.368. The van der Waals surface area contributed by atoms with Crippen molar-refractivity contribution in [2.75, 3.05) is 6.54 Å². The molecule has 15 heavy (non-hydrogen) atoms. The van der Waals surface area contributed by atoms with E-state index >= 15 is 0 Å². The highest BCUT2D eigenvalue weighted by atomic mass is 79.9. The Balaban J connectivity index is 2.22. The normalized spacial score (nSPS) is 38.7. The fraction of sp³-hybridized carbons (Fsp3) is 0.455. The van der Waals surface area contributed by atoms with E-state index in [1.54, 1.807) is 6.07 Å². The van der Waals surface area contributed by atoms with Crippen LogP contribution in [0.25, 0.3) is 0 Å². The molecule has 0 bridgehead atoms. The Morgan fingerprint density at radius 2 is 2.33 bits per heavy atom. The largest absolute Gasteiger partial charge is 0.312 e. The standard InChI is InChI=1S/C11H10BrF2N/c12-6-1-8-7(9(13)2-6)4-15-5-11(8)3-10(11)14/h1-2,10,15H,3-5H2/t10-,11-/m0/s1/i4D/t4?,10-,11-. The number of hydrogen-bond acceptors (Lipinski definition) is 1. The first kappa shape index (κ1) is 8.65. The van der Waals surface area contributed by atoms with Crippen molar-refractivity contribution in [1.29, 1.82) is 0 Å². The highest BCUT2D eigenvalue weighted by Crippen LogP contribution is 2.53. The first-order valence-corrected chi connectivity index (χ1v) is 5.63. The Bertz CT molecular complexity index is 468. The Labute approximate surface area is 96.4 Å². The first-order chi connectivity index (χ1) is 7.54. The van der Waals surface area contributed by atoms with Crippen LogP contribution in [0.4, 0.5) is 8.78 Å². The minimum Gasteiger partial charge on any atom is -0.312 e. The van der Waals surface area contributed by atoms with Gasteiger partial charge in [0, 0.05) is 29.9 Å². The quantitative estimate of drug-likeness (QED) is 0.767. The highest BCUT2D eigenvalue weighted by Gasteiger charge is 2.58. The van der Waals surface area contributed by atoms with Crippen LogP contribution in [-0.4, -0.2) is 12.7 Å². The van der Waals surface area contributed by atoms with Crippen LogP contribution < -0.4 is 5.32 Å². The molecule has 0 amide bonds. The molecule has 1 unspecified atom stereocenters. The van der Waals surface area contributed by atoms with Crippen LogP contribution in [0.2, 0.25) is 0 Å². The third-order valence-corrected chi connectivity index (χ3v) is 3.74. The van der Waals surface area contributed by atoms with Crippen molar-refractivity contribution >= 4 is 15.9 Å². The number of rotatable bonds is 0. The van der Waals surface area contributed by atoms with Crippen LogP contribution in [-0.2, 0) is 11.9 Å². The maximum absolute atomic E-state index is 13.8. The third-order valence-electron chi connectivity index (χ3n) is 3.28. The molecule has 1 aromatic rings. The van der Waals surface area contributed by atoms with Gasteiger partial charge in [-0.3, -0.25) is 0 Å². The summed E-state index contributed by atoms with van der Waals surface area (Å²) in [7, 11) is 0. The second kappa shape index (κ2) is 3.01. The van der Waals surface area contributed by atoms with E-state index in [-0.39, 0.29) is 0 Å². The van der Waals surface area contributed by atoms with Crippen molar-refractivity contribution in [1.82, 2.24) is 5.32 Å². The van der Waals surface area contributed by atoms with Crippen molar-refractivity contribution in [3.63, 3.8) is 0 Å². The van der Waals surface area contributed by atoms with Crippen molar-refractivity contribution in [3.05, 3.63) is 33.5 Å². The van der Waals surface area contributed by atoms with Gasteiger partial charge in [0.2, 0.25) is 0 Å². The van der Waals surface area contributed by atoms with Gasteiger partial charge in [-0.2, -0.15) is 0 Å². The van der Waals surface area contributed by atoms with Crippen LogP contribution in [0.5, 0.6) is 0 Å². The van der Waals surface area contributed by atoms with Crippen LogP contribution in [0, 0.1) is 5.82 Å². The first-order valence-electron chi connectivity index (χ1n) is 5.41. The van der Waals surface area contributed by atoms with Gasteiger partial charge in [0.1, 0.15) is 12.0 Å². The zero-order valence-electron chi connectivity index (χ0n) is 8.86. The van der Waals surface area contributed by atoms with E-state index in [1.165, 1.54) is 6.07 Å². The highest BCUT2D eigenvalue weighted by molar-refractivity contribution is 9.10. The van der Waals surface area contributed by atoms with E-state index in [0.29, 0.717) is 28.6 Å². The molecule has 1 aliphatic heterocycles. The monoisotopic (exact) mass is 274 g/mol. The van der Waals surface area contributed by atoms with Gasteiger partial charge in [0.05, 0.1) is 0 Å². The predicted molar refractivity (Wildman–Crippen MR) is 57.0 cm³/mol. The van der Waals surface area contributed by atoms with Crippen LogP contribution >= 0.6 is 15.9 Å². The Hall–Kier alpha value is -0.480. The van der Waals surface area contributed by atoms with Gasteiger partial charge in [-0.15, -0.1) is 0 Å². The molecule has 1 N–H and O–H groups in total. The van der Waals surface area contributed by atoms with Gasteiger partial charge < -0.3 is 5.32 Å². The molecular weight excluding hydrogens is 264 g/mol. The van der Waals surface area contributed by atoms with Gasteiger partial charge in [0.25, 0.3) is 0 Å². The van der Waals surface area contributed by atoms with Crippen LogP contribution in [0.1, 0.15) is 18.9 Å². The molecule has 4 heteroatoms. The summed E-state index contributed by atoms with van der Waals surface area (Å²) >= 11 is 3.22. The fourth-order valence-electron chi connectivity index (χ4n) is 2.30. The summed E-state index contributed by atoms with van der Waals surface area (Å²) in [5.74, 6) is -0.435. The molecule has 0 radical (unpaired) electrons. The number of nitrogens with one attached hydrogen (secondary N) is 1. The smallest absolute Gasteiger partial charge is 0.129 e. The zero-order chi connectivity index (χ0) is 11.5. The summed E-state index contributed by atoms with van der Waals surface area (Å²) in [4.78, 5) is 0. The summed E-state index contributed by atoms with van der Waals surface area (Å²) in [6, 6.07) is 3.08. The number of halogens is 3. The van der Waals surface area contributed by atoms with E-state index in [9.17, 15) is 8.78 Å². The molecule has 1 heterocycles. The van der Waals surface area contributed by atoms with Crippen molar-refractivity contribution < 1.29 is 10.2 Å². The Morgan fingerprint density at radius 1 is 1.60 bits per heavy atom. The number of benzene rings is 1. The fourth-order valence-corrected chi connectivity index (χ4v) is 2.73. The van der Waals surface area contributed by atoms with E-state index < -0.39 is 23.9 Å². The second-order valence-corrected chi connectivity index (χ2v) is 5.12. The molecule has 1 aliphatic carbocycles. The summed E-state index contributed by atoms with van der Waals surface area (Å²) in [6.07, 6.45) is -0.491. The maximum Gasteiger partial charge on any atom is 0.129 e. The molecule has 1 aromatic carbocycles. The molecule has 3 rings (SSSR count). The van der Waals surface area contributed by atoms with E-state index in [1.807, 2.05) is 0 Å². The summed E-state index contributed by atoms with van der Waals surface area (Å²) < 4.78 is 35.6. The average Bonchev–Trinajstić information content (AvgIpc) is 2.84. The number of hydrogen-bond donors (Lipinski definition) is 1. The molecular formula is C11H10BrF2N. The molecule has 1 spiro atoms. The molecule has 3 atom stereocenters. The number of alkyl halides is 1. The predicted octanol–water partition coefficient (Wildman–Crippen LogP) is 2.67. The van der Waals surface area contributed by atoms with Crippen LogP contribution in [0.3, 0.4) is 0 Å². The Kier molecular flexibility index (Phi) is 1.74. The van der Waals surface area contributed by atoms with Gasteiger partial charge in [-0.05, 0) is 24.1 Å².